The van der Waals surface area contributed by atoms with Crippen LogP contribution >= 0.6 is 0 Å². The van der Waals surface area contributed by atoms with Crippen molar-refractivity contribution in [3.63, 3.8) is 0 Å². The van der Waals surface area contributed by atoms with Crippen molar-refractivity contribution in [1.82, 2.24) is 15.0 Å². The predicted octanol–water partition coefficient (Wildman–Crippen LogP) is 1.12. The van der Waals surface area contributed by atoms with Gasteiger partial charge in [-0.05, 0) is 12.1 Å². The summed E-state index contributed by atoms with van der Waals surface area (Å²) < 4.78 is 30.8. The van der Waals surface area contributed by atoms with Crippen LogP contribution < -0.4 is 10.4 Å². The Labute approximate surface area is 94.1 Å². The van der Waals surface area contributed by atoms with E-state index in [4.69, 9.17) is 0 Å². The molecule has 7 heteroatoms. The molecule has 88 valence electrons. The summed E-state index contributed by atoms with van der Waals surface area (Å²) in [4.78, 5) is 20.5. The van der Waals surface area contributed by atoms with Crippen LogP contribution in [0.3, 0.4) is 0 Å². The lowest BCUT2D eigenvalue weighted by Crippen LogP contribution is -2.14. The van der Waals surface area contributed by atoms with Gasteiger partial charge in [0.1, 0.15) is 17.5 Å². The maximum Gasteiger partial charge on any atom is 0.351 e. The van der Waals surface area contributed by atoms with Gasteiger partial charge in [-0.2, -0.15) is 4.98 Å². The van der Waals surface area contributed by atoms with Gasteiger partial charge < -0.3 is 4.74 Å². The summed E-state index contributed by atoms with van der Waals surface area (Å²) in [6.45, 7) is 0. The lowest BCUT2D eigenvalue weighted by Gasteiger charge is -2.03. The van der Waals surface area contributed by atoms with Crippen molar-refractivity contribution in [3.05, 3.63) is 40.3 Å². The fourth-order valence-corrected chi connectivity index (χ4v) is 1.27. The number of benzene rings is 1. The van der Waals surface area contributed by atoms with Gasteiger partial charge in [0.15, 0.2) is 0 Å². The second-order valence-corrected chi connectivity index (χ2v) is 3.11. The van der Waals surface area contributed by atoms with Crippen LogP contribution in [0.2, 0.25) is 0 Å². The number of ether oxygens (including phenoxy) is 1. The number of H-pyrrole nitrogens is 1. The highest BCUT2D eigenvalue weighted by molar-refractivity contribution is 5.55. The Morgan fingerprint density at radius 2 is 2.06 bits per heavy atom. The third-order valence-corrected chi connectivity index (χ3v) is 2.00. The molecular formula is C10H7F2N3O2. The van der Waals surface area contributed by atoms with Gasteiger partial charge in [-0.1, -0.05) is 0 Å². The van der Waals surface area contributed by atoms with Crippen LogP contribution in [0.15, 0.2) is 23.0 Å². The van der Waals surface area contributed by atoms with Crippen molar-refractivity contribution < 1.29 is 13.5 Å². The van der Waals surface area contributed by atoms with Gasteiger partial charge in [-0.15, -0.1) is 4.98 Å². The van der Waals surface area contributed by atoms with Crippen LogP contribution in [0, 0.1) is 11.6 Å². The Balaban J connectivity index is 2.60. The molecule has 2 rings (SSSR count). The summed E-state index contributed by atoms with van der Waals surface area (Å²) in [6, 6.07) is 2.74. The molecule has 17 heavy (non-hydrogen) atoms. The molecule has 5 nitrogen and oxygen atoms in total. The topological polar surface area (TPSA) is 67.9 Å². The zero-order chi connectivity index (χ0) is 12.4. The minimum absolute atomic E-state index is 0.0378. The number of halogens is 2. The highest BCUT2D eigenvalue weighted by atomic mass is 19.1. The second-order valence-electron chi connectivity index (χ2n) is 3.11. The third-order valence-electron chi connectivity index (χ3n) is 2.00. The first-order valence-corrected chi connectivity index (χ1v) is 4.58. The van der Waals surface area contributed by atoms with Crippen molar-refractivity contribution in [2.45, 2.75) is 0 Å². The molecule has 1 aromatic carbocycles. The molecule has 0 saturated carbocycles. The molecule has 0 aliphatic carbocycles. The highest BCUT2D eigenvalue weighted by Gasteiger charge is 2.10. The number of aromatic amines is 1. The van der Waals surface area contributed by atoms with Crippen LogP contribution in [0.4, 0.5) is 8.78 Å². The molecule has 0 spiro atoms. The Morgan fingerprint density at radius 3 is 2.71 bits per heavy atom. The Hall–Kier alpha value is -2.31. The number of rotatable bonds is 2. The van der Waals surface area contributed by atoms with E-state index < -0.39 is 17.3 Å². The van der Waals surface area contributed by atoms with E-state index in [-0.39, 0.29) is 17.4 Å². The van der Waals surface area contributed by atoms with Gasteiger partial charge in [0, 0.05) is 6.07 Å². The maximum absolute atomic E-state index is 13.4. The van der Waals surface area contributed by atoms with Crippen molar-refractivity contribution in [1.29, 1.82) is 0 Å². The van der Waals surface area contributed by atoms with E-state index in [0.717, 1.165) is 6.07 Å². The lowest BCUT2D eigenvalue weighted by atomic mass is 10.2. The smallest absolute Gasteiger partial charge is 0.351 e. The molecule has 1 heterocycles. The zero-order valence-corrected chi connectivity index (χ0v) is 8.70. The SMILES string of the molecule is COc1nc(-c2ccc(F)cc2F)[nH]c(=O)n1. The molecule has 1 N–H and O–H groups in total. The number of aromatic nitrogens is 3. The summed E-state index contributed by atoms with van der Waals surface area (Å²) in [7, 11) is 1.28. The van der Waals surface area contributed by atoms with Gasteiger partial charge >= 0.3 is 11.7 Å². The fourth-order valence-electron chi connectivity index (χ4n) is 1.27. The first-order valence-electron chi connectivity index (χ1n) is 4.58. The van der Waals surface area contributed by atoms with Gasteiger partial charge in [-0.25, -0.2) is 13.6 Å². The van der Waals surface area contributed by atoms with Gasteiger partial charge in [0.05, 0.1) is 12.7 Å². The molecule has 0 unspecified atom stereocenters. The standard InChI is InChI=1S/C10H7F2N3O2/c1-17-10-14-8(13-9(16)15-10)6-3-2-5(11)4-7(6)12/h2-4H,1H3,(H,13,14,15,16). The fraction of sp³-hybridized carbons (Fsp3) is 0.100. The largest absolute Gasteiger partial charge is 0.467 e. The van der Waals surface area contributed by atoms with Crippen molar-refractivity contribution in [3.8, 4) is 17.4 Å². The Morgan fingerprint density at radius 1 is 1.29 bits per heavy atom. The highest BCUT2D eigenvalue weighted by Crippen LogP contribution is 2.19. The van der Waals surface area contributed by atoms with Crippen molar-refractivity contribution in [2.24, 2.45) is 0 Å². The van der Waals surface area contributed by atoms with Gasteiger partial charge in [0.25, 0.3) is 0 Å². The van der Waals surface area contributed by atoms with E-state index in [9.17, 15) is 13.6 Å². The minimum atomic E-state index is -0.832. The molecule has 2 aromatic rings. The van der Waals surface area contributed by atoms with E-state index in [1.54, 1.807) is 0 Å². The monoisotopic (exact) mass is 239 g/mol. The zero-order valence-electron chi connectivity index (χ0n) is 8.70. The molecule has 1 aromatic heterocycles. The second kappa shape index (κ2) is 4.28. The van der Waals surface area contributed by atoms with Crippen LogP contribution in [-0.4, -0.2) is 22.1 Å². The van der Waals surface area contributed by atoms with Gasteiger partial charge in [-0.3, -0.25) is 4.98 Å². The van der Waals surface area contributed by atoms with Crippen LogP contribution in [0.25, 0.3) is 11.4 Å². The number of hydrogen-bond donors (Lipinski definition) is 1. The molecule has 0 aliphatic heterocycles. The normalized spacial score (nSPS) is 10.3. The lowest BCUT2D eigenvalue weighted by molar-refractivity contribution is 0.376. The molecule has 0 atom stereocenters. The quantitative estimate of drug-likeness (QED) is 0.852. The first kappa shape index (κ1) is 11.2. The average molecular weight is 239 g/mol. The molecule has 0 fully saturated rings. The average Bonchev–Trinajstić information content (AvgIpc) is 2.28. The van der Waals surface area contributed by atoms with E-state index in [1.807, 2.05) is 0 Å². The van der Waals surface area contributed by atoms with Crippen LogP contribution in [0.1, 0.15) is 0 Å². The maximum atomic E-state index is 13.4. The third kappa shape index (κ3) is 2.27. The summed E-state index contributed by atoms with van der Waals surface area (Å²) >= 11 is 0. The van der Waals surface area contributed by atoms with E-state index in [0.29, 0.717) is 6.07 Å². The Kier molecular flexibility index (Phi) is 2.82. The van der Waals surface area contributed by atoms with Crippen LogP contribution in [0.5, 0.6) is 6.01 Å². The number of nitrogens with one attached hydrogen (secondary N) is 1. The van der Waals surface area contributed by atoms with Crippen molar-refractivity contribution >= 4 is 0 Å². The summed E-state index contributed by atoms with van der Waals surface area (Å²) in [6.07, 6.45) is 0. The molecule has 0 aliphatic rings. The van der Waals surface area contributed by atoms with E-state index >= 15 is 0 Å². The summed E-state index contributed by atoms with van der Waals surface area (Å²) in [5.74, 6) is -1.62. The van der Waals surface area contributed by atoms with E-state index in [2.05, 4.69) is 19.7 Å². The first-order chi connectivity index (χ1) is 8.10. The van der Waals surface area contributed by atoms with E-state index in [1.165, 1.54) is 13.2 Å². The molecule has 0 radical (unpaired) electrons. The molecule has 0 bridgehead atoms. The number of nitrogens with zero attached hydrogens (tertiary/aromatic N) is 2. The summed E-state index contributed by atoms with van der Waals surface area (Å²) in [5, 5.41) is 0. The minimum Gasteiger partial charge on any atom is -0.467 e. The molecular weight excluding hydrogens is 232 g/mol. The Bertz CT molecular complexity index is 613. The predicted molar refractivity (Wildman–Crippen MR) is 54.6 cm³/mol. The number of methoxy groups -OCH3 is 1. The summed E-state index contributed by atoms with van der Waals surface area (Å²) in [5.41, 5.74) is -0.764. The van der Waals surface area contributed by atoms with Crippen molar-refractivity contribution in [2.75, 3.05) is 7.11 Å². The van der Waals surface area contributed by atoms with Gasteiger partial charge in [0.2, 0.25) is 0 Å². The molecule has 0 saturated heterocycles. The molecule has 0 amide bonds. The number of hydrogen-bond acceptors (Lipinski definition) is 4. The van der Waals surface area contributed by atoms with Crippen LogP contribution in [-0.2, 0) is 0 Å².